The zero-order valence-electron chi connectivity index (χ0n) is 20.5. The molecule has 5 rings (SSSR count). The van der Waals surface area contributed by atoms with Crippen molar-refractivity contribution >= 4 is 53.6 Å². The monoisotopic (exact) mass is 522 g/mol. The summed E-state index contributed by atoms with van der Waals surface area (Å²) in [5.74, 6) is 0.00362. The highest BCUT2D eigenvalue weighted by Crippen LogP contribution is 2.30. The third-order valence-electron chi connectivity index (χ3n) is 5.82. The molecule has 1 amide bonds. The van der Waals surface area contributed by atoms with Gasteiger partial charge in [0.05, 0.1) is 17.3 Å². The van der Waals surface area contributed by atoms with Gasteiger partial charge in [-0.25, -0.2) is 15.0 Å². The fourth-order valence-electron chi connectivity index (χ4n) is 3.90. The molecule has 4 aromatic heterocycles. The second kappa shape index (κ2) is 9.49. The number of anilines is 1. The highest BCUT2D eigenvalue weighted by molar-refractivity contribution is 6.76. The van der Waals surface area contributed by atoms with E-state index in [0.29, 0.717) is 45.7 Å². The minimum Gasteiger partial charge on any atom is -0.361 e. The molecule has 10 nitrogen and oxygen atoms in total. The fourth-order valence-corrected chi connectivity index (χ4v) is 4.82. The lowest BCUT2D eigenvalue weighted by Gasteiger charge is -2.15. The Morgan fingerprint density at radius 1 is 1.25 bits per heavy atom. The number of carbonyl (C=O) groups excluding carboxylic acids is 1. The molecule has 12 heteroatoms. The van der Waals surface area contributed by atoms with Crippen molar-refractivity contribution in [1.82, 2.24) is 34.3 Å². The molecule has 0 aliphatic rings. The van der Waals surface area contributed by atoms with E-state index in [2.05, 4.69) is 45.0 Å². The van der Waals surface area contributed by atoms with Gasteiger partial charge >= 0.3 is 0 Å². The maximum atomic E-state index is 13.2. The number of ether oxygens (including phenoxy) is 1. The van der Waals surface area contributed by atoms with E-state index in [1.807, 2.05) is 29.8 Å². The number of carbonyl (C=O) groups is 1. The van der Waals surface area contributed by atoms with Crippen LogP contribution < -0.4 is 5.32 Å². The molecule has 0 bridgehead atoms. The Kier molecular flexibility index (Phi) is 6.37. The van der Waals surface area contributed by atoms with Crippen LogP contribution in [-0.2, 0) is 18.5 Å². The first-order valence-electron chi connectivity index (χ1n) is 11.6. The predicted octanol–water partition coefficient (Wildman–Crippen LogP) is 4.93. The maximum absolute atomic E-state index is 13.2. The van der Waals surface area contributed by atoms with Crippen LogP contribution >= 0.6 is 11.6 Å². The van der Waals surface area contributed by atoms with Crippen molar-refractivity contribution in [1.29, 1.82) is 0 Å². The van der Waals surface area contributed by atoms with E-state index >= 15 is 0 Å². The van der Waals surface area contributed by atoms with Crippen LogP contribution in [0.5, 0.6) is 0 Å². The molecule has 0 radical (unpaired) electrons. The van der Waals surface area contributed by atoms with Gasteiger partial charge in [-0.1, -0.05) is 31.2 Å². The van der Waals surface area contributed by atoms with Crippen molar-refractivity contribution in [3.8, 4) is 11.4 Å². The first-order chi connectivity index (χ1) is 17.2. The van der Waals surface area contributed by atoms with Gasteiger partial charge in [-0.3, -0.25) is 14.8 Å². The molecule has 36 heavy (non-hydrogen) atoms. The Bertz CT molecular complexity index is 1550. The highest BCUT2D eigenvalue weighted by Gasteiger charge is 2.21. The van der Waals surface area contributed by atoms with Gasteiger partial charge in [0.1, 0.15) is 23.6 Å². The largest absolute Gasteiger partial charge is 0.361 e. The van der Waals surface area contributed by atoms with E-state index < -0.39 is 8.07 Å². The SMILES string of the molecule is Cn1nc(-c2cnc3c(n2)c(C(=O)Nc2ncc[nH]2)cn3COCC[Si](C)(C)C)c2ccc(Cl)cc21. The van der Waals surface area contributed by atoms with Crippen molar-refractivity contribution in [2.24, 2.45) is 7.05 Å². The second-order valence-electron chi connectivity index (χ2n) is 9.81. The van der Waals surface area contributed by atoms with Crippen molar-refractivity contribution in [2.45, 2.75) is 32.4 Å². The number of amides is 1. The van der Waals surface area contributed by atoms with E-state index in [4.69, 9.17) is 21.3 Å². The molecule has 0 spiro atoms. The molecule has 0 unspecified atom stereocenters. The van der Waals surface area contributed by atoms with Crippen LogP contribution in [-0.4, -0.2) is 54.9 Å². The standard InChI is InChI=1S/C24H27ClN8O2Si/c1-32-19-11-15(25)5-6-16(19)20(31-32)18-12-28-22-21(29-18)17(23(34)30-24-26-7-8-27-24)13-33(22)14-35-9-10-36(2,3)4/h5-8,11-13H,9-10,14H2,1-4H3,(H2,26,27,30,34). The first-order valence-corrected chi connectivity index (χ1v) is 15.6. The summed E-state index contributed by atoms with van der Waals surface area (Å²) in [6.07, 6.45) is 6.60. The summed E-state index contributed by atoms with van der Waals surface area (Å²) in [5.41, 5.74) is 3.48. The summed E-state index contributed by atoms with van der Waals surface area (Å²) in [5, 5.41) is 8.94. The Morgan fingerprint density at radius 3 is 2.83 bits per heavy atom. The number of hydrogen-bond donors (Lipinski definition) is 2. The molecule has 186 valence electrons. The normalized spacial score (nSPS) is 12.0. The molecule has 0 aliphatic heterocycles. The minimum absolute atomic E-state index is 0.272. The van der Waals surface area contributed by atoms with Crippen LogP contribution in [0.15, 0.2) is 43.0 Å². The number of nitrogens with one attached hydrogen (secondary N) is 2. The Hall–Kier alpha value is -3.54. The van der Waals surface area contributed by atoms with E-state index in [1.54, 1.807) is 29.5 Å². The van der Waals surface area contributed by atoms with Gasteiger partial charge in [-0.2, -0.15) is 5.10 Å². The van der Waals surface area contributed by atoms with E-state index in [1.165, 1.54) is 0 Å². The molecule has 0 saturated carbocycles. The van der Waals surface area contributed by atoms with Gasteiger partial charge in [0.2, 0.25) is 5.95 Å². The minimum atomic E-state index is -1.22. The van der Waals surface area contributed by atoms with Crippen LogP contribution in [0.3, 0.4) is 0 Å². The first kappa shape index (κ1) is 24.2. The fraction of sp³-hybridized carbons (Fsp3) is 0.292. The lowest BCUT2D eigenvalue weighted by Crippen LogP contribution is -2.22. The highest BCUT2D eigenvalue weighted by atomic mass is 35.5. The molecule has 5 aromatic rings. The number of hydrogen-bond acceptors (Lipinski definition) is 6. The van der Waals surface area contributed by atoms with Crippen molar-refractivity contribution in [2.75, 3.05) is 11.9 Å². The zero-order valence-corrected chi connectivity index (χ0v) is 22.3. The van der Waals surface area contributed by atoms with E-state index in [-0.39, 0.29) is 12.6 Å². The quantitative estimate of drug-likeness (QED) is 0.220. The van der Waals surface area contributed by atoms with Crippen LogP contribution in [0.4, 0.5) is 5.95 Å². The lowest BCUT2D eigenvalue weighted by molar-refractivity contribution is 0.0895. The number of imidazole rings is 1. The third kappa shape index (κ3) is 4.90. The van der Waals surface area contributed by atoms with Crippen molar-refractivity contribution in [3.05, 3.63) is 53.6 Å². The molecular formula is C24H27ClN8O2Si. The van der Waals surface area contributed by atoms with Gasteiger partial charge < -0.3 is 14.3 Å². The topological polar surface area (TPSA) is 116 Å². The number of nitrogens with zero attached hydrogens (tertiary/aromatic N) is 6. The number of rotatable bonds is 8. The molecule has 0 aliphatic carbocycles. The zero-order chi connectivity index (χ0) is 25.4. The number of H-pyrrole nitrogens is 1. The van der Waals surface area contributed by atoms with Crippen LogP contribution in [0, 0.1) is 0 Å². The number of fused-ring (bicyclic) bond motifs is 2. The Balaban J connectivity index is 1.54. The third-order valence-corrected chi connectivity index (χ3v) is 7.76. The average Bonchev–Trinajstić information content (AvgIpc) is 3.54. The van der Waals surface area contributed by atoms with Crippen LogP contribution in [0.2, 0.25) is 30.7 Å². The summed E-state index contributed by atoms with van der Waals surface area (Å²) < 4.78 is 9.51. The molecule has 2 N–H and O–H groups in total. The lowest BCUT2D eigenvalue weighted by atomic mass is 10.1. The summed E-state index contributed by atoms with van der Waals surface area (Å²) in [6.45, 7) is 7.84. The van der Waals surface area contributed by atoms with E-state index in [9.17, 15) is 4.79 Å². The summed E-state index contributed by atoms with van der Waals surface area (Å²) >= 11 is 6.18. The van der Waals surface area contributed by atoms with Crippen LogP contribution in [0.25, 0.3) is 33.5 Å². The van der Waals surface area contributed by atoms with Gasteiger partial charge in [0.15, 0.2) is 5.65 Å². The molecule has 0 saturated heterocycles. The summed E-state index contributed by atoms with van der Waals surface area (Å²) in [6, 6.07) is 6.63. The summed E-state index contributed by atoms with van der Waals surface area (Å²) in [7, 11) is 0.630. The van der Waals surface area contributed by atoms with Gasteiger partial charge in [-0.15, -0.1) is 0 Å². The smallest absolute Gasteiger partial charge is 0.261 e. The maximum Gasteiger partial charge on any atom is 0.261 e. The molecule has 0 fully saturated rings. The number of aromatic amines is 1. The molecule has 0 atom stereocenters. The number of benzene rings is 1. The average molecular weight is 523 g/mol. The Morgan fingerprint density at radius 2 is 2.08 bits per heavy atom. The molecule has 4 heterocycles. The molecule has 1 aromatic carbocycles. The Labute approximate surface area is 213 Å². The van der Waals surface area contributed by atoms with Crippen LogP contribution in [0.1, 0.15) is 10.4 Å². The predicted molar refractivity (Wildman–Crippen MR) is 143 cm³/mol. The summed E-state index contributed by atoms with van der Waals surface area (Å²) in [4.78, 5) is 29.7. The second-order valence-corrected chi connectivity index (χ2v) is 15.9. The molecular weight excluding hydrogens is 496 g/mol. The number of aromatic nitrogens is 7. The number of halogens is 1. The van der Waals surface area contributed by atoms with E-state index in [0.717, 1.165) is 16.9 Å². The van der Waals surface area contributed by atoms with Gasteiger partial charge in [0.25, 0.3) is 5.91 Å². The van der Waals surface area contributed by atoms with Gasteiger partial charge in [-0.05, 0) is 24.2 Å². The van der Waals surface area contributed by atoms with Crippen molar-refractivity contribution < 1.29 is 9.53 Å². The van der Waals surface area contributed by atoms with Crippen molar-refractivity contribution in [3.63, 3.8) is 0 Å². The van der Waals surface area contributed by atoms with Gasteiger partial charge in [0, 0.05) is 50.7 Å². The number of aryl methyl sites for hydroxylation is 1.